The number of azo groups is 1. The van der Waals surface area contributed by atoms with Crippen molar-refractivity contribution in [1.29, 1.82) is 0 Å². The largest absolute Gasteiger partial charge is 0.477 e. The zero-order valence-electron chi connectivity index (χ0n) is 23.4. The van der Waals surface area contributed by atoms with E-state index in [0.29, 0.717) is 5.88 Å². The lowest BCUT2D eigenvalue weighted by Crippen LogP contribution is -2.29. The highest BCUT2D eigenvalue weighted by Crippen LogP contribution is 2.16. The van der Waals surface area contributed by atoms with Crippen LogP contribution in [0.5, 0.6) is 0 Å². The summed E-state index contributed by atoms with van der Waals surface area (Å²) in [5.41, 5.74) is 0. The first-order valence-electron chi connectivity index (χ1n) is 13.2. The maximum absolute atomic E-state index is 8.81. The Hall–Kier alpha value is -1.27. The molecule has 0 aromatic carbocycles. The Morgan fingerprint density at radius 3 is 2.09 bits per heavy atom. The van der Waals surface area contributed by atoms with E-state index in [1.807, 2.05) is 33.8 Å². The van der Waals surface area contributed by atoms with Crippen molar-refractivity contribution in [2.45, 2.75) is 114 Å². The normalized spacial score (nSPS) is 16.3. The Morgan fingerprint density at radius 2 is 1.59 bits per heavy atom. The molecule has 1 N–H and O–H groups in total. The van der Waals surface area contributed by atoms with Gasteiger partial charge in [0.2, 0.25) is 5.88 Å². The van der Waals surface area contributed by atoms with Gasteiger partial charge in [0, 0.05) is 19.2 Å². The third-order valence-electron chi connectivity index (χ3n) is 3.61. The van der Waals surface area contributed by atoms with E-state index in [9.17, 15) is 0 Å². The fourth-order valence-electron chi connectivity index (χ4n) is 2.38. The van der Waals surface area contributed by atoms with Gasteiger partial charge >= 0.3 is 0 Å². The third-order valence-corrected chi connectivity index (χ3v) is 3.61. The summed E-state index contributed by atoms with van der Waals surface area (Å²) < 4.78 is 5.62. The first-order chi connectivity index (χ1) is 15.6. The molecule has 194 valence electrons. The van der Waals surface area contributed by atoms with Crippen LogP contribution in [0, 0.1) is 0 Å². The van der Waals surface area contributed by atoms with Crippen LogP contribution in [0.4, 0.5) is 0 Å². The molecule has 6 nitrogen and oxygen atoms in total. The first kappa shape index (κ1) is 38.0. The highest BCUT2D eigenvalue weighted by molar-refractivity contribution is 5.44. The van der Waals surface area contributed by atoms with Crippen molar-refractivity contribution in [3.63, 3.8) is 0 Å². The number of unbranched alkanes of at least 4 members (excludes halogenated alkanes) is 1. The van der Waals surface area contributed by atoms with Crippen LogP contribution in [-0.2, 0) is 9.53 Å². The second-order valence-corrected chi connectivity index (χ2v) is 6.85. The molecule has 6 heteroatoms. The summed E-state index contributed by atoms with van der Waals surface area (Å²) in [6.07, 6.45) is 9.82. The van der Waals surface area contributed by atoms with E-state index in [1.165, 1.54) is 52.2 Å². The Bertz CT molecular complexity index is 378. The van der Waals surface area contributed by atoms with Crippen molar-refractivity contribution in [3.8, 4) is 0 Å². The van der Waals surface area contributed by atoms with Gasteiger partial charge in [-0.25, -0.2) is 0 Å². The summed E-state index contributed by atoms with van der Waals surface area (Å²) >= 11 is 0. The molecule has 0 saturated carbocycles. The second-order valence-electron chi connectivity index (χ2n) is 6.85. The fourth-order valence-corrected chi connectivity index (χ4v) is 2.38. The third kappa shape index (κ3) is 30.9. The van der Waals surface area contributed by atoms with Gasteiger partial charge in [-0.05, 0) is 52.2 Å². The summed E-state index contributed by atoms with van der Waals surface area (Å²) in [7, 11) is 0. The number of nitrogens with zero attached hydrogens (tertiary/aromatic N) is 3. The van der Waals surface area contributed by atoms with Crippen molar-refractivity contribution >= 4 is 6.29 Å². The molecule has 0 aromatic heterocycles. The zero-order chi connectivity index (χ0) is 25.5. The Kier molecular flexibility index (Phi) is 44.0. The van der Waals surface area contributed by atoms with Crippen LogP contribution in [0.3, 0.4) is 0 Å². The van der Waals surface area contributed by atoms with Gasteiger partial charge in [0.25, 0.3) is 0 Å². The molecule has 0 aliphatic carbocycles. The standard InChI is InChI=1S/C14H26N4O.2C3H8.C2H4O.2C2H6/c1-2-13-12-14(17-16-13)19-11-4-3-8-18-9-5-6-15-7-10-18;2*1-3-2;1-2-3;2*1-2/h12-13,15H,2-11H2,1H3;2*3H2,1-2H3;2H,1H3;2*1-2H3. The van der Waals surface area contributed by atoms with Crippen LogP contribution in [0.2, 0.25) is 0 Å². The number of carbonyl (C=O) groups excluding carboxylic acids is 1. The number of hydrogen-bond donors (Lipinski definition) is 1. The molecule has 32 heavy (non-hydrogen) atoms. The summed E-state index contributed by atoms with van der Waals surface area (Å²) in [6, 6.07) is 0.236. The van der Waals surface area contributed by atoms with E-state index < -0.39 is 0 Å². The van der Waals surface area contributed by atoms with E-state index in [-0.39, 0.29) is 6.04 Å². The predicted octanol–water partition coefficient (Wildman–Crippen LogP) is 7.25. The van der Waals surface area contributed by atoms with Crippen molar-refractivity contribution in [2.24, 2.45) is 10.2 Å². The molecule has 1 unspecified atom stereocenters. The van der Waals surface area contributed by atoms with Gasteiger partial charge in [-0.2, -0.15) is 5.11 Å². The van der Waals surface area contributed by atoms with Crippen LogP contribution in [0.25, 0.3) is 0 Å². The quantitative estimate of drug-likeness (QED) is 0.322. The number of ether oxygens (including phenoxy) is 1. The van der Waals surface area contributed by atoms with Gasteiger partial charge in [0.05, 0.1) is 12.6 Å². The maximum Gasteiger partial charge on any atom is 0.231 e. The molecule has 2 aliphatic rings. The topological polar surface area (TPSA) is 66.3 Å². The van der Waals surface area contributed by atoms with E-state index in [2.05, 4.69) is 55.1 Å². The van der Waals surface area contributed by atoms with Crippen molar-refractivity contribution in [3.05, 3.63) is 12.0 Å². The van der Waals surface area contributed by atoms with Crippen LogP contribution < -0.4 is 5.32 Å². The Labute approximate surface area is 201 Å². The summed E-state index contributed by atoms with van der Waals surface area (Å²) in [5, 5.41) is 11.6. The molecular formula is C26H58N4O2. The maximum atomic E-state index is 8.81. The second kappa shape index (κ2) is 37.1. The first-order valence-corrected chi connectivity index (χ1v) is 13.2. The van der Waals surface area contributed by atoms with Gasteiger partial charge in [-0.1, -0.05) is 75.2 Å². The number of aldehydes is 1. The molecule has 2 rings (SSSR count). The van der Waals surface area contributed by atoms with Gasteiger partial charge < -0.3 is 19.7 Å². The van der Waals surface area contributed by atoms with Crippen molar-refractivity contribution in [1.82, 2.24) is 10.2 Å². The molecule has 0 spiro atoms. The molecule has 1 fully saturated rings. The smallest absolute Gasteiger partial charge is 0.231 e. The average Bonchev–Trinajstić information content (AvgIpc) is 3.12. The number of nitrogens with one attached hydrogen (secondary N) is 1. The van der Waals surface area contributed by atoms with Gasteiger partial charge in [0.1, 0.15) is 6.29 Å². The molecular weight excluding hydrogens is 400 g/mol. The van der Waals surface area contributed by atoms with E-state index in [1.54, 1.807) is 0 Å². The molecule has 2 heterocycles. The molecule has 0 aromatic rings. The fraction of sp³-hybridized carbons (Fsp3) is 0.885. The van der Waals surface area contributed by atoms with Gasteiger partial charge in [-0.3, -0.25) is 0 Å². The van der Waals surface area contributed by atoms with E-state index in [4.69, 9.17) is 9.53 Å². The van der Waals surface area contributed by atoms with E-state index >= 15 is 0 Å². The molecule has 2 aliphatic heterocycles. The predicted molar refractivity (Wildman–Crippen MR) is 142 cm³/mol. The molecule has 1 atom stereocenters. The minimum absolute atomic E-state index is 0.236. The number of rotatable bonds is 7. The van der Waals surface area contributed by atoms with Crippen LogP contribution >= 0.6 is 0 Å². The van der Waals surface area contributed by atoms with Gasteiger partial charge in [0.15, 0.2) is 0 Å². The lowest BCUT2D eigenvalue weighted by molar-refractivity contribution is -0.106. The lowest BCUT2D eigenvalue weighted by Gasteiger charge is -2.18. The highest BCUT2D eigenvalue weighted by atomic mass is 16.5. The Balaban J connectivity index is -0.000000254. The summed E-state index contributed by atoms with van der Waals surface area (Å²) in [4.78, 5) is 11.3. The SMILES string of the molecule is CC.CC.CC=O.CCC.CCC.CCC1C=C(OCCCCN2CCCNCC2)N=N1. The Morgan fingerprint density at radius 1 is 1.03 bits per heavy atom. The summed E-state index contributed by atoms with van der Waals surface area (Å²) in [6.45, 7) is 26.7. The monoisotopic (exact) mass is 458 g/mol. The van der Waals surface area contributed by atoms with Crippen LogP contribution in [-0.4, -0.2) is 56.6 Å². The zero-order valence-corrected chi connectivity index (χ0v) is 23.4. The number of carbonyl (C=O) groups is 1. The minimum Gasteiger partial charge on any atom is -0.477 e. The van der Waals surface area contributed by atoms with Crippen LogP contribution in [0.15, 0.2) is 22.2 Å². The number of hydrogen-bond acceptors (Lipinski definition) is 6. The lowest BCUT2D eigenvalue weighted by atomic mass is 10.2. The van der Waals surface area contributed by atoms with Crippen LogP contribution in [0.1, 0.15) is 108 Å². The van der Waals surface area contributed by atoms with Gasteiger partial charge in [-0.15, -0.1) is 5.11 Å². The molecule has 0 bridgehead atoms. The van der Waals surface area contributed by atoms with Crippen molar-refractivity contribution < 1.29 is 9.53 Å². The minimum atomic E-state index is 0.236. The summed E-state index contributed by atoms with van der Waals surface area (Å²) in [5.74, 6) is 0.714. The highest BCUT2D eigenvalue weighted by Gasteiger charge is 2.11. The van der Waals surface area contributed by atoms with E-state index in [0.717, 1.165) is 38.8 Å². The molecule has 1 saturated heterocycles. The molecule has 0 radical (unpaired) electrons. The average molecular weight is 459 g/mol. The molecule has 0 amide bonds. The van der Waals surface area contributed by atoms with Crippen molar-refractivity contribution in [2.75, 3.05) is 39.3 Å².